The highest BCUT2D eigenvalue weighted by Crippen LogP contribution is 2.28. The zero-order valence-electron chi connectivity index (χ0n) is 9.71. The average Bonchev–Trinajstić information content (AvgIpc) is 2.87. The van der Waals surface area contributed by atoms with Gasteiger partial charge in [-0.3, -0.25) is 9.59 Å². The fraction of sp³-hybridized carbons (Fsp3) is 0.333. The van der Waals surface area contributed by atoms with E-state index in [4.69, 9.17) is 4.42 Å². The van der Waals surface area contributed by atoms with Crippen LogP contribution in [0, 0.1) is 5.92 Å². The third-order valence-corrected chi connectivity index (χ3v) is 2.40. The Morgan fingerprint density at radius 1 is 1.35 bits per heavy atom. The Bertz CT molecular complexity index is 377. The van der Waals surface area contributed by atoms with Gasteiger partial charge >= 0.3 is 11.9 Å². The Balaban J connectivity index is 3.06. The van der Waals surface area contributed by atoms with E-state index in [2.05, 4.69) is 16.1 Å². The molecule has 1 rings (SSSR count). The molecular formula is C12H14O5. The van der Waals surface area contributed by atoms with Gasteiger partial charge in [-0.1, -0.05) is 6.08 Å². The van der Waals surface area contributed by atoms with E-state index in [1.807, 2.05) is 0 Å². The fourth-order valence-corrected chi connectivity index (χ4v) is 1.54. The van der Waals surface area contributed by atoms with E-state index in [1.165, 1.54) is 26.6 Å². The van der Waals surface area contributed by atoms with E-state index in [0.29, 0.717) is 5.76 Å². The molecule has 92 valence electrons. The highest BCUT2D eigenvalue weighted by Gasteiger charge is 2.37. The quantitative estimate of drug-likeness (QED) is 0.442. The van der Waals surface area contributed by atoms with Crippen LogP contribution in [0.2, 0.25) is 0 Å². The number of carbonyl (C=O) groups excluding carboxylic acids is 2. The normalized spacial score (nSPS) is 11.9. The lowest BCUT2D eigenvalue weighted by atomic mass is 9.90. The number of allylic oxidation sites excluding steroid dienone is 1. The van der Waals surface area contributed by atoms with Crippen LogP contribution >= 0.6 is 0 Å². The van der Waals surface area contributed by atoms with Crippen LogP contribution in [0.15, 0.2) is 35.5 Å². The molecule has 0 unspecified atom stereocenters. The number of furan rings is 1. The van der Waals surface area contributed by atoms with Gasteiger partial charge in [0.2, 0.25) is 0 Å². The van der Waals surface area contributed by atoms with Gasteiger partial charge in [-0.2, -0.15) is 0 Å². The van der Waals surface area contributed by atoms with Crippen molar-refractivity contribution < 1.29 is 23.5 Å². The van der Waals surface area contributed by atoms with Crippen molar-refractivity contribution in [2.75, 3.05) is 14.2 Å². The molecule has 0 fully saturated rings. The zero-order valence-corrected chi connectivity index (χ0v) is 9.71. The number of hydrogen-bond donors (Lipinski definition) is 0. The SMILES string of the molecule is C=C[C@H](c1ccco1)C(C(=O)OC)C(=O)OC. The van der Waals surface area contributed by atoms with Gasteiger partial charge in [0, 0.05) is 0 Å². The van der Waals surface area contributed by atoms with Crippen molar-refractivity contribution in [3.63, 3.8) is 0 Å². The van der Waals surface area contributed by atoms with E-state index in [0.717, 1.165) is 0 Å². The first-order valence-electron chi connectivity index (χ1n) is 4.97. The molecule has 0 radical (unpaired) electrons. The monoisotopic (exact) mass is 238 g/mol. The molecule has 0 aromatic carbocycles. The first kappa shape index (κ1) is 13.0. The summed E-state index contributed by atoms with van der Waals surface area (Å²) in [6.07, 6.45) is 2.91. The van der Waals surface area contributed by atoms with Crippen molar-refractivity contribution in [3.05, 3.63) is 36.8 Å². The number of esters is 2. The lowest BCUT2D eigenvalue weighted by molar-refractivity contribution is -0.159. The van der Waals surface area contributed by atoms with Gasteiger partial charge in [-0.25, -0.2) is 0 Å². The maximum absolute atomic E-state index is 11.6. The van der Waals surface area contributed by atoms with Crippen molar-refractivity contribution in [2.45, 2.75) is 5.92 Å². The standard InChI is InChI=1S/C12H14O5/c1-4-8(9-6-5-7-17-9)10(11(13)15-2)12(14)16-3/h4-8,10H,1H2,2-3H3/t8-/m1/s1. The minimum Gasteiger partial charge on any atom is -0.469 e. The lowest BCUT2D eigenvalue weighted by Gasteiger charge is -2.18. The first-order chi connectivity index (χ1) is 8.15. The van der Waals surface area contributed by atoms with Crippen LogP contribution in [-0.2, 0) is 19.1 Å². The predicted molar refractivity (Wildman–Crippen MR) is 59.2 cm³/mol. The molecular weight excluding hydrogens is 224 g/mol. The van der Waals surface area contributed by atoms with Crippen molar-refractivity contribution >= 4 is 11.9 Å². The molecule has 5 nitrogen and oxygen atoms in total. The van der Waals surface area contributed by atoms with Gasteiger partial charge < -0.3 is 13.9 Å². The van der Waals surface area contributed by atoms with Crippen molar-refractivity contribution in [1.29, 1.82) is 0 Å². The second kappa shape index (κ2) is 5.89. The van der Waals surface area contributed by atoms with Gasteiger partial charge in [-0.05, 0) is 12.1 Å². The summed E-state index contributed by atoms with van der Waals surface area (Å²) < 4.78 is 14.3. The summed E-state index contributed by atoms with van der Waals surface area (Å²) in [6, 6.07) is 3.32. The minimum absolute atomic E-state index is 0.459. The Morgan fingerprint density at radius 3 is 2.29 bits per heavy atom. The molecule has 17 heavy (non-hydrogen) atoms. The summed E-state index contributed by atoms with van der Waals surface area (Å²) >= 11 is 0. The molecule has 0 saturated carbocycles. The van der Waals surface area contributed by atoms with Crippen LogP contribution in [0.4, 0.5) is 0 Å². The van der Waals surface area contributed by atoms with Gasteiger partial charge in [0.15, 0.2) is 5.92 Å². The van der Waals surface area contributed by atoms with Crippen LogP contribution in [0.5, 0.6) is 0 Å². The van der Waals surface area contributed by atoms with Crippen LogP contribution in [-0.4, -0.2) is 26.2 Å². The van der Waals surface area contributed by atoms with Crippen molar-refractivity contribution in [3.8, 4) is 0 Å². The van der Waals surface area contributed by atoms with Gasteiger partial charge in [0.1, 0.15) is 5.76 Å². The van der Waals surface area contributed by atoms with E-state index in [-0.39, 0.29) is 0 Å². The van der Waals surface area contributed by atoms with Crippen LogP contribution in [0.1, 0.15) is 11.7 Å². The molecule has 0 spiro atoms. The topological polar surface area (TPSA) is 65.7 Å². The molecule has 5 heteroatoms. The molecule has 0 N–H and O–H groups in total. The van der Waals surface area contributed by atoms with Crippen molar-refractivity contribution in [1.82, 2.24) is 0 Å². The van der Waals surface area contributed by atoms with Crippen LogP contribution < -0.4 is 0 Å². The zero-order chi connectivity index (χ0) is 12.8. The summed E-state index contributed by atoms with van der Waals surface area (Å²) in [5.74, 6) is -2.62. The summed E-state index contributed by atoms with van der Waals surface area (Å²) in [7, 11) is 2.42. The molecule has 0 saturated heterocycles. The molecule has 0 aliphatic carbocycles. The number of carbonyl (C=O) groups is 2. The minimum atomic E-state index is -1.10. The predicted octanol–water partition coefficient (Wildman–Crippen LogP) is 1.51. The molecule has 0 aliphatic rings. The van der Waals surface area contributed by atoms with Gasteiger partial charge in [0.05, 0.1) is 26.4 Å². The first-order valence-corrected chi connectivity index (χ1v) is 4.97. The van der Waals surface area contributed by atoms with E-state index in [9.17, 15) is 9.59 Å². The summed E-state index contributed by atoms with van der Waals surface area (Å²) in [5.41, 5.74) is 0. The molecule has 0 aliphatic heterocycles. The third-order valence-electron chi connectivity index (χ3n) is 2.40. The number of methoxy groups -OCH3 is 2. The second-order valence-electron chi connectivity index (χ2n) is 3.30. The lowest BCUT2D eigenvalue weighted by Crippen LogP contribution is -2.31. The maximum Gasteiger partial charge on any atom is 0.321 e. The van der Waals surface area contributed by atoms with Gasteiger partial charge in [0.25, 0.3) is 0 Å². The average molecular weight is 238 g/mol. The summed E-state index contributed by atoms with van der Waals surface area (Å²) in [6.45, 7) is 3.60. The number of hydrogen-bond acceptors (Lipinski definition) is 5. The van der Waals surface area contributed by atoms with E-state index in [1.54, 1.807) is 12.1 Å². The Kier molecular flexibility index (Phi) is 4.51. The van der Waals surface area contributed by atoms with Crippen molar-refractivity contribution in [2.24, 2.45) is 5.92 Å². The largest absolute Gasteiger partial charge is 0.469 e. The Morgan fingerprint density at radius 2 is 1.94 bits per heavy atom. The Labute approximate surface area is 99.0 Å². The Hall–Kier alpha value is -2.04. The molecule has 0 amide bonds. The van der Waals surface area contributed by atoms with E-state index >= 15 is 0 Å². The number of ether oxygens (including phenoxy) is 2. The second-order valence-corrected chi connectivity index (χ2v) is 3.30. The molecule has 1 aromatic heterocycles. The third kappa shape index (κ3) is 2.75. The van der Waals surface area contributed by atoms with Crippen LogP contribution in [0.3, 0.4) is 0 Å². The maximum atomic E-state index is 11.6. The summed E-state index contributed by atoms with van der Waals surface area (Å²) in [4.78, 5) is 23.2. The smallest absolute Gasteiger partial charge is 0.321 e. The molecule has 0 bridgehead atoms. The molecule has 1 aromatic rings. The molecule has 1 atom stereocenters. The highest BCUT2D eigenvalue weighted by molar-refractivity contribution is 5.96. The fourth-order valence-electron chi connectivity index (χ4n) is 1.54. The summed E-state index contributed by atoms with van der Waals surface area (Å²) in [5, 5.41) is 0. The van der Waals surface area contributed by atoms with E-state index < -0.39 is 23.8 Å². The van der Waals surface area contributed by atoms with Gasteiger partial charge in [-0.15, -0.1) is 6.58 Å². The molecule has 1 heterocycles. The number of rotatable bonds is 5. The highest BCUT2D eigenvalue weighted by atomic mass is 16.5. The van der Waals surface area contributed by atoms with Crippen LogP contribution in [0.25, 0.3) is 0 Å².